The Morgan fingerprint density at radius 1 is 1.47 bits per heavy atom. The number of aliphatic carboxylic acids is 1. The van der Waals surface area contributed by atoms with Crippen LogP contribution in [0.2, 0.25) is 0 Å². The third kappa shape index (κ3) is 3.62. The number of hydrogen-bond donors (Lipinski definition) is 1. The Bertz CT molecular complexity index is 333. The zero-order valence-corrected chi connectivity index (χ0v) is 9.06. The predicted octanol–water partition coefficient (Wildman–Crippen LogP) is 2.48. The van der Waals surface area contributed by atoms with Gasteiger partial charge in [0, 0.05) is 0 Å². The number of benzene rings is 1. The van der Waals surface area contributed by atoms with Gasteiger partial charge in [-0.2, -0.15) is 0 Å². The van der Waals surface area contributed by atoms with Crippen molar-refractivity contribution in [2.75, 3.05) is 6.61 Å². The molecule has 0 heterocycles. The molecular weight excluding hydrogens is 192 g/mol. The molecule has 0 saturated carbocycles. The fourth-order valence-electron chi connectivity index (χ4n) is 1.19. The summed E-state index contributed by atoms with van der Waals surface area (Å²) < 4.78 is 5.49. The Balaban J connectivity index is 2.38. The second-order valence-electron chi connectivity index (χ2n) is 3.64. The van der Waals surface area contributed by atoms with Crippen LogP contribution in [0, 0.1) is 12.8 Å². The SMILES string of the molecule is Cc1ccccc1OCCC(C)C(=O)O. The zero-order chi connectivity index (χ0) is 11.3. The van der Waals surface area contributed by atoms with Gasteiger partial charge in [0.2, 0.25) is 0 Å². The maximum absolute atomic E-state index is 10.6. The molecule has 0 radical (unpaired) electrons. The molecule has 0 fully saturated rings. The van der Waals surface area contributed by atoms with Gasteiger partial charge in [-0.25, -0.2) is 0 Å². The van der Waals surface area contributed by atoms with Crippen molar-refractivity contribution < 1.29 is 14.6 Å². The van der Waals surface area contributed by atoms with Crippen LogP contribution in [0.1, 0.15) is 18.9 Å². The molecule has 15 heavy (non-hydrogen) atoms. The van der Waals surface area contributed by atoms with Crippen LogP contribution in [0.3, 0.4) is 0 Å². The average molecular weight is 208 g/mol. The topological polar surface area (TPSA) is 46.5 Å². The maximum Gasteiger partial charge on any atom is 0.306 e. The van der Waals surface area contributed by atoms with Crippen molar-refractivity contribution in [3.05, 3.63) is 29.8 Å². The van der Waals surface area contributed by atoms with Crippen molar-refractivity contribution in [1.82, 2.24) is 0 Å². The van der Waals surface area contributed by atoms with Crippen molar-refractivity contribution in [1.29, 1.82) is 0 Å². The zero-order valence-electron chi connectivity index (χ0n) is 9.06. The first-order chi connectivity index (χ1) is 7.11. The third-order valence-electron chi connectivity index (χ3n) is 2.32. The molecule has 0 bridgehead atoms. The number of ether oxygens (including phenoxy) is 1. The summed E-state index contributed by atoms with van der Waals surface area (Å²) >= 11 is 0. The fourth-order valence-corrected chi connectivity index (χ4v) is 1.19. The minimum Gasteiger partial charge on any atom is -0.493 e. The molecule has 0 amide bonds. The molecule has 0 saturated heterocycles. The van der Waals surface area contributed by atoms with E-state index in [0.29, 0.717) is 13.0 Å². The number of aryl methyl sites for hydroxylation is 1. The van der Waals surface area contributed by atoms with Gasteiger partial charge >= 0.3 is 5.97 Å². The second kappa shape index (κ2) is 5.39. The van der Waals surface area contributed by atoms with Gasteiger partial charge in [-0.15, -0.1) is 0 Å². The van der Waals surface area contributed by atoms with Crippen LogP contribution in [0.15, 0.2) is 24.3 Å². The van der Waals surface area contributed by atoms with E-state index in [4.69, 9.17) is 9.84 Å². The number of carboxylic acids is 1. The lowest BCUT2D eigenvalue weighted by Gasteiger charge is -2.10. The summed E-state index contributed by atoms with van der Waals surface area (Å²) in [5.74, 6) is -0.299. The molecule has 1 atom stereocenters. The van der Waals surface area contributed by atoms with E-state index < -0.39 is 5.97 Å². The summed E-state index contributed by atoms with van der Waals surface area (Å²) in [5, 5.41) is 8.68. The van der Waals surface area contributed by atoms with Gasteiger partial charge in [0.05, 0.1) is 12.5 Å². The Morgan fingerprint density at radius 3 is 2.73 bits per heavy atom. The molecule has 0 aliphatic carbocycles. The molecule has 82 valence electrons. The molecule has 0 aliphatic rings. The second-order valence-corrected chi connectivity index (χ2v) is 3.64. The molecular formula is C12H16O3. The minimum absolute atomic E-state index is 0.353. The summed E-state index contributed by atoms with van der Waals surface area (Å²) in [5.41, 5.74) is 1.07. The van der Waals surface area contributed by atoms with Gasteiger partial charge < -0.3 is 9.84 Å². The highest BCUT2D eigenvalue weighted by Gasteiger charge is 2.10. The Kier molecular flexibility index (Phi) is 4.16. The van der Waals surface area contributed by atoms with Gasteiger partial charge in [0.15, 0.2) is 0 Å². The van der Waals surface area contributed by atoms with Crippen molar-refractivity contribution in [3.63, 3.8) is 0 Å². The number of hydrogen-bond acceptors (Lipinski definition) is 2. The molecule has 1 aromatic rings. The predicted molar refractivity (Wildman–Crippen MR) is 58.1 cm³/mol. The van der Waals surface area contributed by atoms with E-state index in [-0.39, 0.29) is 5.92 Å². The van der Waals surface area contributed by atoms with E-state index in [2.05, 4.69) is 0 Å². The van der Waals surface area contributed by atoms with Crippen molar-refractivity contribution >= 4 is 5.97 Å². The largest absolute Gasteiger partial charge is 0.493 e. The summed E-state index contributed by atoms with van der Waals surface area (Å²) in [7, 11) is 0. The number of para-hydroxylation sites is 1. The standard InChI is InChI=1S/C12H16O3/c1-9-5-3-4-6-11(9)15-8-7-10(2)12(13)14/h3-6,10H,7-8H2,1-2H3,(H,13,14). The van der Waals surface area contributed by atoms with Gasteiger partial charge in [0.1, 0.15) is 5.75 Å². The monoisotopic (exact) mass is 208 g/mol. The number of carboxylic acid groups (broad SMARTS) is 1. The van der Waals surface area contributed by atoms with Crippen LogP contribution in [-0.2, 0) is 4.79 Å². The number of carbonyl (C=O) groups is 1. The van der Waals surface area contributed by atoms with Crippen LogP contribution in [0.5, 0.6) is 5.75 Å². The summed E-state index contributed by atoms with van der Waals surface area (Å²) in [6.07, 6.45) is 0.531. The molecule has 3 heteroatoms. The summed E-state index contributed by atoms with van der Waals surface area (Å²) in [4.78, 5) is 10.6. The fraction of sp³-hybridized carbons (Fsp3) is 0.417. The Morgan fingerprint density at radius 2 is 2.13 bits per heavy atom. The molecule has 1 unspecified atom stereocenters. The van der Waals surface area contributed by atoms with Crippen molar-refractivity contribution in [2.24, 2.45) is 5.92 Å². The molecule has 1 rings (SSSR count). The van der Waals surface area contributed by atoms with Crippen LogP contribution in [0.4, 0.5) is 0 Å². The highest BCUT2D eigenvalue weighted by molar-refractivity contribution is 5.69. The first-order valence-corrected chi connectivity index (χ1v) is 5.02. The molecule has 0 aliphatic heterocycles. The van der Waals surface area contributed by atoms with Gasteiger partial charge in [0.25, 0.3) is 0 Å². The highest BCUT2D eigenvalue weighted by Crippen LogP contribution is 2.16. The molecule has 3 nitrogen and oxygen atoms in total. The smallest absolute Gasteiger partial charge is 0.306 e. The molecule has 0 spiro atoms. The van der Waals surface area contributed by atoms with Crippen LogP contribution in [-0.4, -0.2) is 17.7 Å². The molecule has 0 aromatic heterocycles. The first-order valence-electron chi connectivity index (χ1n) is 5.02. The van der Waals surface area contributed by atoms with Crippen molar-refractivity contribution in [2.45, 2.75) is 20.3 Å². The average Bonchev–Trinajstić information content (AvgIpc) is 2.20. The van der Waals surface area contributed by atoms with E-state index in [9.17, 15) is 4.79 Å². The van der Waals surface area contributed by atoms with Crippen molar-refractivity contribution in [3.8, 4) is 5.75 Å². The molecule has 1 N–H and O–H groups in total. The van der Waals surface area contributed by atoms with E-state index in [1.807, 2.05) is 31.2 Å². The lowest BCUT2D eigenvalue weighted by Crippen LogP contribution is -2.13. The molecule has 1 aromatic carbocycles. The Hall–Kier alpha value is -1.51. The quantitative estimate of drug-likeness (QED) is 0.808. The number of rotatable bonds is 5. The first kappa shape index (κ1) is 11.6. The van der Waals surface area contributed by atoms with E-state index in [1.54, 1.807) is 6.92 Å². The lowest BCUT2D eigenvalue weighted by atomic mass is 10.1. The lowest BCUT2D eigenvalue weighted by molar-refractivity contribution is -0.141. The minimum atomic E-state index is -0.775. The maximum atomic E-state index is 10.6. The van der Waals surface area contributed by atoms with E-state index in [0.717, 1.165) is 11.3 Å². The summed E-state index contributed by atoms with van der Waals surface area (Å²) in [6.45, 7) is 4.10. The summed E-state index contributed by atoms with van der Waals surface area (Å²) in [6, 6.07) is 7.71. The van der Waals surface area contributed by atoms with Crippen LogP contribution in [0.25, 0.3) is 0 Å². The van der Waals surface area contributed by atoms with Crippen LogP contribution < -0.4 is 4.74 Å². The Labute approximate surface area is 89.7 Å². The van der Waals surface area contributed by atoms with Gasteiger partial charge in [-0.1, -0.05) is 25.1 Å². The third-order valence-corrected chi connectivity index (χ3v) is 2.32. The van der Waals surface area contributed by atoms with E-state index in [1.165, 1.54) is 0 Å². The van der Waals surface area contributed by atoms with E-state index >= 15 is 0 Å². The van der Waals surface area contributed by atoms with Crippen LogP contribution >= 0.6 is 0 Å². The normalized spacial score (nSPS) is 12.1. The van der Waals surface area contributed by atoms with Gasteiger partial charge in [-0.3, -0.25) is 4.79 Å². The van der Waals surface area contributed by atoms with Gasteiger partial charge in [-0.05, 0) is 25.0 Å². The highest BCUT2D eigenvalue weighted by atomic mass is 16.5.